The average molecular weight is 268 g/mol. The fourth-order valence-electron chi connectivity index (χ4n) is 3.11. The fraction of sp³-hybridized carbons (Fsp3) is 0.600. The van der Waals surface area contributed by atoms with Crippen molar-refractivity contribution in [2.24, 2.45) is 11.7 Å². The van der Waals surface area contributed by atoms with Crippen molar-refractivity contribution in [3.8, 4) is 0 Å². The molecule has 1 aliphatic heterocycles. The van der Waals surface area contributed by atoms with E-state index >= 15 is 0 Å². The Morgan fingerprint density at radius 1 is 1.32 bits per heavy atom. The molecule has 1 aliphatic rings. The second-order valence-electron chi connectivity index (χ2n) is 5.23. The first-order valence-electron chi connectivity index (χ1n) is 7.06. The highest BCUT2D eigenvalue weighted by Crippen LogP contribution is 2.35. The fourth-order valence-corrected chi connectivity index (χ4v) is 3.11. The molecule has 2 N–H and O–H groups in total. The SMILES string of the molecule is CCN1CCCCC(CN)C1c1cc(F)ccc1F. The van der Waals surface area contributed by atoms with E-state index in [1.165, 1.54) is 18.2 Å². The number of halogens is 2. The van der Waals surface area contributed by atoms with E-state index in [-0.39, 0.29) is 23.6 Å². The molecule has 106 valence electrons. The molecule has 1 saturated heterocycles. The van der Waals surface area contributed by atoms with E-state index in [4.69, 9.17) is 5.73 Å². The Hall–Kier alpha value is -1.00. The lowest BCUT2D eigenvalue weighted by atomic mass is 9.89. The van der Waals surface area contributed by atoms with Gasteiger partial charge in [-0.3, -0.25) is 4.90 Å². The van der Waals surface area contributed by atoms with Crippen LogP contribution in [0.15, 0.2) is 18.2 Å². The van der Waals surface area contributed by atoms with Gasteiger partial charge in [0, 0.05) is 11.6 Å². The van der Waals surface area contributed by atoms with Crippen LogP contribution in [0.4, 0.5) is 8.78 Å². The minimum atomic E-state index is -0.382. The second-order valence-corrected chi connectivity index (χ2v) is 5.23. The summed E-state index contributed by atoms with van der Waals surface area (Å²) in [4.78, 5) is 2.22. The summed E-state index contributed by atoms with van der Waals surface area (Å²) in [5.74, 6) is -0.517. The van der Waals surface area contributed by atoms with Crippen LogP contribution in [0.25, 0.3) is 0 Å². The molecule has 2 unspecified atom stereocenters. The molecule has 2 nitrogen and oxygen atoms in total. The number of likely N-dealkylation sites (tertiary alicyclic amines) is 1. The summed E-state index contributed by atoms with van der Waals surface area (Å²) in [6, 6.07) is 3.62. The molecule has 2 atom stereocenters. The summed E-state index contributed by atoms with van der Waals surface area (Å²) >= 11 is 0. The molecule has 4 heteroatoms. The molecule has 1 aromatic carbocycles. The van der Waals surface area contributed by atoms with Gasteiger partial charge in [-0.1, -0.05) is 13.3 Å². The molecule has 2 rings (SSSR count). The lowest BCUT2D eigenvalue weighted by Crippen LogP contribution is -2.36. The van der Waals surface area contributed by atoms with Gasteiger partial charge in [-0.15, -0.1) is 0 Å². The maximum atomic E-state index is 14.1. The summed E-state index contributed by atoms with van der Waals surface area (Å²) in [7, 11) is 0. The monoisotopic (exact) mass is 268 g/mol. The minimum Gasteiger partial charge on any atom is -0.330 e. The Morgan fingerprint density at radius 3 is 2.79 bits per heavy atom. The van der Waals surface area contributed by atoms with Gasteiger partial charge in [0.15, 0.2) is 0 Å². The number of hydrogen-bond donors (Lipinski definition) is 1. The van der Waals surface area contributed by atoms with Crippen molar-refractivity contribution >= 4 is 0 Å². The Balaban J connectivity index is 2.41. The van der Waals surface area contributed by atoms with Crippen molar-refractivity contribution in [1.29, 1.82) is 0 Å². The van der Waals surface area contributed by atoms with Gasteiger partial charge in [-0.2, -0.15) is 0 Å². The zero-order chi connectivity index (χ0) is 13.8. The molecule has 0 amide bonds. The summed E-state index contributed by atoms with van der Waals surface area (Å²) < 4.78 is 27.5. The van der Waals surface area contributed by atoms with Gasteiger partial charge in [0.2, 0.25) is 0 Å². The van der Waals surface area contributed by atoms with E-state index < -0.39 is 0 Å². The molecule has 19 heavy (non-hydrogen) atoms. The first-order chi connectivity index (χ1) is 9.17. The molecule has 0 aromatic heterocycles. The van der Waals surface area contributed by atoms with Crippen LogP contribution in [0.5, 0.6) is 0 Å². The van der Waals surface area contributed by atoms with Crippen molar-refractivity contribution in [1.82, 2.24) is 4.90 Å². The summed E-state index contributed by atoms with van der Waals surface area (Å²) in [6.07, 6.45) is 3.18. The molecular weight excluding hydrogens is 246 g/mol. The normalized spacial score (nSPS) is 25.3. The van der Waals surface area contributed by atoms with E-state index in [2.05, 4.69) is 11.8 Å². The van der Waals surface area contributed by atoms with Gasteiger partial charge >= 0.3 is 0 Å². The van der Waals surface area contributed by atoms with Crippen molar-refractivity contribution in [3.05, 3.63) is 35.4 Å². The molecular formula is C15H22F2N2. The van der Waals surface area contributed by atoms with E-state index in [0.717, 1.165) is 32.4 Å². The Labute approximate surface area is 113 Å². The van der Waals surface area contributed by atoms with E-state index in [0.29, 0.717) is 12.1 Å². The van der Waals surface area contributed by atoms with Gasteiger partial charge < -0.3 is 5.73 Å². The van der Waals surface area contributed by atoms with Gasteiger partial charge in [0.25, 0.3) is 0 Å². The third kappa shape index (κ3) is 3.12. The van der Waals surface area contributed by atoms with Crippen LogP contribution < -0.4 is 5.73 Å². The highest BCUT2D eigenvalue weighted by Gasteiger charge is 2.31. The van der Waals surface area contributed by atoms with Crippen LogP contribution in [0.3, 0.4) is 0 Å². The first kappa shape index (κ1) is 14.4. The maximum Gasteiger partial charge on any atom is 0.128 e. The molecule has 1 heterocycles. The largest absolute Gasteiger partial charge is 0.330 e. The predicted octanol–water partition coefficient (Wildman–Crippen LogP) is 3.09. The van der Waals surface area contributed by atoms with Crippen LogP contribution in [0, 0.1) is 17.6 Å². The van der Waals surface area contributed by atoms with Crippen LogP contribution >= 0.6 is 0 Å². The van der Waals surface area contributed by atoms with E-state index in [1.807, 2.05) is 0 Å². The zero-order valence-corrected chi connectivity index (χ0v) is 11.4. The highest BCUT2D eigenvalue weighted by atomic mass is 19.1. The highest BCUT2D eigenvalue weighted by molar-refractivity contribution is 5.23. The molecule has 0 radical (unpaired) electrons. The van der Waals surface area contributed by atoms with E-state index in [9.17, 15) is 8.78 Å². The number of rotatable bonds is 3. The first-order valence-corrected chi connectivity index (χ1v) is 7.06. The minimum absolute atomic E-state index is 0.104. The van der Waals surface area contributed by atoms with Crippen molar-refractivity contribution < 1.29 is 8.78 Å². The lowest BCUT2D eigenvalue weighted by Gasteiger charge is -2.34. The number of nitrogens with zero attached hydrogens (tertiary/aromatic N) is 1. The Kier molecular flexibility index (Phi) is 4.88. The average Bonchev–Trinajstić information content (AvgIpc) is 2.63. The summed E-state index contributed by atoms with van der Waals surface area (Å²) in [5.41, 5.74) is 6.32. The lowest BCUT2D eigenvalue weighted by molar-refractivity contribution is 0.162. The predicted molar refractivity (Wildman–Crippen MR) is 72.7 cm³/mol. The van der Waals surface area contributed by atoms with Crippen LogP contribution in [-0.2, 0) is 0 Å². The third-order valence-corrected chi connectivity index (χ3v) is 4.10. The standard InChI is InChI=1S/C15H22F2N2/c1-2-19-8-4-3-5-11(10-18)15(19)13-9-12(16)6-7-14(13)17/h6-7,9,11,15H,2-5,8,10,18H2,1H3. The topological polar surface area (TPSA) is 29.3 Å². The second kappa shape index (κ2) is 6.44. The molecule has 0 bridgehead atoms. The Morgan fingerprint density at radius 2 is 2.11 bits per heavy atom. The van der Waals surface area contributed by atoms with Crippen LogP contribution in [0.1, 0.15) is 37.8 Å². The zero-order valence-electron chi connectivity index (χ0n) is 11.4. The Bertz CT molecular complexity index is 409. The van der Waals surface area contributed by atoms with Crippen molar-refractivity contribution in [2.75, 3.05) is 19.6 Å². The van der Waals surface area contributed by atoms with Crippen LogP contribution in [0.2, 0.25) is 0 Å². The molecule has 0 spiro atoms. The molecule has 0 aliphatic carbocycles. The number of benzene rings is 1. The number of hydrogen-bond acceptors (Lipinski definition) is 2. The van der Waals surface area contributed by atoms with Gasteiger partial charge in [-0.05, 0) is 56.6 Å². The van der Waals surface area contributed by atoms with E-state index in [1.54, 1.807) is 0 Å². The maximum absolute atomic E-state index is 14.1. The molecule has 1 aromatic rings. The van der Waals surface area contributed by atoms with Crippen LogP contribution in [-0.4, -0.2) is 24.5 Å². The van der Waals surface area contributed by atoms with Gasteiger partial charge in [-0.25, -0.2) is 8.78 Å². The van der Waals surface area contributed by atoms with Crippen molar-refractivity contribution in [2.45, 2.75) is 32.2 Å². The molecule has 0 saturated carbocycles. The van der Waals surface area contributed by atoms with Gasteiger partial charge in [0.1, 0.15) is 11.6 Å². The molecule has 1 fully saturated rings. The van der Waals surface area contributed by atoms with Gasteiger partial charge in [0.05, 0.1) is 0 Å². The quantitative estimate of drug-likeness (QED) is 0.912. The summed E-state index contributed by atoms with van der Waals surface area (Å²) in [6.45, 7) is 4.32. The smallest absolute Gasteiger partial charge is 0.128 e. The number of nitrogens with two attached hydrogens (primary N) is 1. The van der Waals surface area contributed by atoms with Crippen molar-refractivity contribution in [3.63, 3.8) is 0 Å². The summed E-state index contributed by atoms with van der Waals surface area (Å²) in [5, 5.41) is 0. The third-order valence-electron chi connectivity index (χ3n) is 4.10.